The van der Waals surface area contributed by atoms with Gasteiger partial charge >= 0.3 is 0 Å². The first-order chi connectivity index (χ1) is 9.47. The Bertz CT molecular complexity index is 690. The number of phenols is 1. The number of thiazole rings is 1. The van der Waals surface area contributed by atoms with Gasteiger partial charge in [-0.3, -0.25) is 4.79 Å². The van der Waals surface area contributed by atoms with Gasteiger partial charge in [-0.2, -0.15) is 0 Å². The van der Waals surface area contributed by atoms with Crippen molar-refractivity contribution >= 4 is 28.7 Å². The van der Waals surface area contributed by atoms with E-state index in [4.69, 9.17) is 11.6 Å². The quantitative estimate of drug-likeness (QED) is 0.863. The van der Waals surface area contributed by atoms with E-state index in [1.807, 2.05) is 6.92 Å². The van der Waals surface area contributed by atoms with E-state index in [1.54, 1.807) is 0 Å². The lowest BCUT2D eigenvalue weighted by Gasteiger charge is -2.14. The molecule has 3 rings (SSSR count). The highest BCUT2D eigenvalue weighted by molar-refractivity contribution is 7.17. The van der Waals surface area contributed by atoms with Crippen LogP contribution < -0.4 is 0 Å². The fourth-order valence-corrected chi connectivity index (χ4v) is 3.59. The standard InChI is InChI=1S/C14H11ClFNO2S/c1-6-2-3-10-13(11(6)18)20-14(17-10)7-4-8(15)12(19)9(16)5-7/h4-6,19H,2-3H2,1H3. The monoisotopic (exact) mass is 311 g/mol. The number of aromatic hydroxyl groups is 1. The fraction of sp³-hybridized carbons (Fsp3) is 0.286. The molecule has 1 unspecified atom stereocenters. The Morgan fingerprint density at radius 1 is 1.50 bits per heavy atom. The molecular formula is C14H11ClFNO2S. The molecule has 0 radical (unpaired) electrons. The minimum atomic E-state index is -0.791. The Balaban J connectivity index is 2.09. The third kappa shape index (κ3) is 2.11. The molecule has 6 heteroatoms. The van der Waals surface area contributed by atoms with E-state index in [0.29, 0.717) is 15.4 Å². The number of fused-ring (bicyclic) bond motifs is 1. The van der Waals surface area contributed by atoms with Crippen molar-refractivity contribution < 1.29 is 14.3 Å². The van der Waals surface area contributed by atoms with Gasteiger partial charge in [-0.15, -0.1) is 11.3 Å². The zero-order valence-electron chi connectivity index (χ0n) is 10.6. The Morgan fingerprint density at radius 3 is 2.95 bits per heavy atom. The molecule has 1 aliphatic rings. The van der Waals surface area contributed by atoms with Gasteiger partial charge in [-0.1, -0.05) is 18.5 Å². The third-order valence-corrected chi connectivity index (χ3v) is 4.90. The lowest BCUT2D eigenvalue weighted by molar-refractivity contribution is 0.0917. The number of aromatic nitrogens is 1. The molecule has 1 heterocycles. The normalized spacial score (nSPS) is 18.1. The van der Waals surface area contributed by atoms with Crippen LogP contribution in [0.15, 0.2) is 12.1 Å². The van der Waals surface area contributed by atoms with Gasteiger partial charge in [0, 0.05) is 11.5 Å². The molecule has 0 aliphatic heterocycles. The lowest BCUT2D eigenvalue weighted by Crippen LogP contribution is -2.18. The van der Waals surface area contributed by atoms with Crippen molar-refractivity contribution in [3.8, 4) is 16.3 Å². The van der Waals surface area contributed by atoms with Crippen LogP contribution in [-0.2, 0) is 6.42 Å². The van der Waals surface area contributed by atoms with Gasteiger partial charge < -0.3 is 5.11 Å². The van der Waals surface area contributed by atoms with Crippen molar-refractivity contribution in [3.05, 3.63) is 33.5 Å². The Morgan fingerprint density at radius 2 is 2.25 bits per heavy atom. The second kappa shape index (κ2) is 4.82. The van der Waals surface area contributed by atoms with Crippen LogP contribution in [0.2, 0.25) is 5.02 Å². The number of hydrogen-bond acceptors (Lipinski definition) is 4. The maximum absolute atomic E-state index is 13.5. The van der Waals surface area contributed by atoms with Crippen molar-refractivity contribution in [2.45, 2.75) is 19.8 Å². The highest BCUT2D eigenvalue weighted by Gasteiger charge is 2.28. The lowest BCUT2D eigenvalue weighted by atomic mass is 9.92. The maximum Gasteiger partial charge on any atom is 0.177 e. The van der Waals surface area contributed by atoms with Crippen molar-refractivity contribution in [2.75, 3.05) is 0 Å². The van der Waals surface area contributed by atoms with Crippen LogP contribution in [-0.4, -0.2) is 15.9 Å². The van der Waals surface area contributed by atoms with Crippen molar-refractivity contribution in [3.63, 3.8) is 0 Å². The number of Topliss-reactive ketones (excluding diaryl/α,β-unsaturated/α-hetero) is 1. The van der Waals surface area contributed by atoms with E-state index in [0.717, 1.165) is 18.5 Å². The second-order valence-electron chi connectivity index (χ2n) is 4.89. The van der Waals surface area contributed by atoms with E-state index in [1.165, 1.54) is 23.5 Å². The van der Waals surface area contributed by atoms with Crippen LogP contribution in [0.4, 0.5) is 4.39 Å². The molecule has 0 fully saturated rings. The summed E-state index contributed by atoms with van der Waals surface area (Å²) in [4.78, 5) is 17.1. The molecule has 3 nitrogen and oxygen atoms in total. The summed E-state index contributed by atoms with van der Waals surface area (Å²) in [7, 11) is 0. The summed E-state index contributed by atoms with van der Waals surface area (Å²) in [5.74, 6) is -1.25. The summed E-state index contributed by atoms with van der Waals surface area (Å²) in [6.45, 7) is 1.90. The molecule has 2 aromatic rings. The van der Waals surface area contributed by atoms with Crippen LogP contribution >= 0.6 is 22.9 Å². The van der Waals surface area contributed by atoms with Crippen molar-refractivity contribution in [1.29, 1.82) is 0 Å². The fourth-order valence-electron chi connectivity index (χ4n) is 2.23. The summed E-state index contributed by atoms with van der Waals surface area (Å²) in [6.07, 6.45) is 1.55. The summed E-state index contributed by atoms with van der Waals surface area (Å²) in [5.41, 5.74) is 1.25. The van der Waals surface area contributed by atoms with Gasteiger partial charge in [0.2, 0.25) is 0 Å². The summed E-state index contributed by atoms with van der Waals surface area (Å²) < 4.78 is 13.5. The molecule has 20 heavy (non-hydrogen) atoms. The number of aryl methyl sites for hydroxylation is 1. The minimum Gasteiger partial charge on any atom is -0.504 e. The van der Waals surface area contributed by atoms with Gasteiger partial charge in [0.15, 0.2) is 17.3 Å². The number of rotatable bonds is 1. The van der Waals surface area contributed by atoms with Gasteiger partial charge in [0.05, 0.1) is 15.6 Å². The molecule has 1 N–H and O–H groups in total. The minimum absolute atomic E-state index is 0.0101. The first kappa shape index (κ1) is 13.5. The smallest absolute Gasteiger partial charge is 0.177 e. The van der Waals surface area contributed by atoms with Gasteiger partial charge in [-0.05, 0) is 25.0 Å². The van der Waals surface area contributed by atoms with E-state index < -0.39 is 11.6 Å². The zero-order valence-corrected chi connectivity index (χ0v) is 12.2. The summed E-state index contributed by atoms with van der Waals surface area (Å²) in [6, 6.07) is 2.64. The second-order valence-corrected chi connectivity index (χ2v) is 6.29. The van der Waals surface area contributed by atoms with E-state index in [9.17, 15) is 14.3 Å². The zero-order chi connectivity index (χ0) is 14.4. The topological polar surface area (TPSA) is 50.2 Å². The number of carbonyl (C=O) groups excluding carboxylic acids is 1. The predicted octanol–water partition coefficient (Wildman–Crippen LogP) is 4.07. The summed E-state index contributed by atoms with van der Waals surface area (Å²) in [5, 5.41) is 9.83. The first-order valence-electron chi connectivity index (χ1n) is 6.19. The molecule has 0 spiro atoms. The van der Waals surface area contributed by atoms with Gasteiger partial charge in [0.1, 0.15) is 5.01 Å². The van der Waals surface area contributed by atoms with Crippen LogP contribution in [0.3, 0.4) is 0 Å². The number of nitrogens with zero attached hydrogens (tertiary/aromatic N) is 1. The number of carbonyl (C=O) groups is 1. The van der Waals surface area contributed by atoms with Gasteiger partial charge in [-0.25, -0.2) is 9.37 Å². The van der Waals surface area contributed by atoms with Crippen LogP contribution in [0.25, 0.3) is 10.6 Å². The molecule has 0 saturated carbocycles. The highest BCUT2D eigenvalue weighted by atomic mass is 35.5. The average Bonchev–Trinajstić information content (AvgIpc) is 2.84. The largest absolute Gasteiger partial charge is 0.504 e. The molecule has 1 aromatic heterocycles. The number of hydrogen-bond donors (Lipinski definition) is 1. The molecule has 0 bridgehead atoms. The molecule has 1 atom stereocenters. The summed E-state index contributed by atoms with van der Waals surface area (Å²) >= 11 is 7.02. The Hall–Kier alpha value is -1.46. The molecule has 1 aromatic carbocycles. The number of phenolic OH excluding ortho intramolecular Hbond substituents is 1. The van der Waals surface area contributed by atoms with Crippen molar-refractivity contribution in [2.24, 2.45) is 5.92 Å². The molecule has 0 saturated heterocycles. The third-order valence-electron chi connectivity index (χ3n) is 3.45. The maximum atomic E-state index is 13.5. The number of benzene rings is 1. The molecule has 104 valence electrons. The highest BCUT2D eigenvalue weighted by Crippen LogP contribution is 2.37. The van der Waals surface area contributed by atoms with Gasteiger partial charge in [0.25, 0.3) is 0 Å². The molecule has 1 aliphatic carbocycles. The first-order valence-corrected chi connectivity index (χ1v) is 7.39. The van der Waals surface area contributed by atoms with E-state index >= 15 is 0 Å². The Kier molecular flexibility index (Phi) is 3.26. The number of ketones is 1. The van der Waals surface area contributed by atoms with E-state index in [2.05, 4.69) is 4.98 Å². The average molecular weight is 312 g/mol. The van der Waals surface area contributed by atoms with Crippen LogP contribution in [0.1, 0.15) is 28.7 Å². The van der Waals surface area contributed by atoms with Crippen LogP contribution in [0, 0.1) is 11.7 Å². The van der Waals surface area contributed by atoms with E-state index in [-0.39, 0.29) is 16.7 Å². The number of halogens is 2. The predicted molar refractivity (Wildman–Crippen MR) is 76.0 cm³/mol. The van der Waals surface area contributed by atoms with Crippen LogP contribution in [0.5, 0.6) is 5.75 Å². The molecular weight excluding hydrogens is 301 g/mol. The molecule has 0 amide bonds. The SMILES string of the molecule is CC1CCc2nc(-c3cc(F)c(O)c(Cl)c3)sc2C1=O. The Labute approximate surface area is 124 Å². The van der Waals surface area contributed by atoms with Crippen molar-refractivity contribution in [1.82, 2.24) is 4.98 Å².